The number of nitrogens with zero attached hydrogens (tertiary/aromatic N) is 1. The van der Waals surface area contributed by atoms with Crippen molar-refractivity contribution < 1.29 is 4.79 Å². The number of carbonyl (C=O) groups excluding carboxylic acids is 1. The van der Waals surface area contributed by atoms with E-state index >= 15 is 0 Å². The van der Waals surface area contributed by atoms with Crippen LogP contribution >= 0.6 is 15.9 Å². The number of piperidine rings is 1. The summed E-state index contributed by atoms with van der Waals surface area (Å²) in [5.41, 5.74) is 0.715. The summed E-state index contributed by atoms with van der Waals surface area (Å²) in [6.07, 6.45) is 2.54. The van der Waals surface area contributed by atoms with Gasteiger partial charge in [-0.05, 0) is 63.0 Å². The topological polar surface area (TPSA) is 32.3 Å². The van der Waals surface area contributed by atoms with Gasteiger partial charge in [-0.3, -0.25) is 9.69 Å². The molecule has 0 bridgehead atoms. The average Bonchev–Trinajstić information content (AvgIpc) is 2.46. The maximum Gasteiger partial charge on any atom is 0.251 e. The molecule has 110 valence electrons. The van der Waals surface area contributed by atoms with Crippen LogP contribution in [0.2, 0.25) is 0 Å². The number of halogens is 1. The van der Waals surface area contributed by atoms with Gasteiger partial charge in [0.05, 0.1) is 0 Å². The molecule has 0 saturated carbocycles. The summed E-state index contributed by atoms with van der Waals surface area (Å²) in [6, 6.07) is 7.87. The van der Waals surface area contributed by atoms with Gasteiger partial charge in [0.15, 0.2) is 0 Å². The van der Waals surface area contributed by atoms with Crippen LogP contribution in [0.15, 0.2) is 28.7 Å². The fourth-order valence-corrected chi connectivity index (χ4v) is 2.81. The summed E-state index contributed by atoms with van der Waals surface area (Å²) in [5, 5.41) is 3.03. The third-order valence-corrected chi connectivity index (χ3v) is 4.63. The van der Waals surface area contributed by atoms with E-state index in [2.05, 4.69) is 40.0 Å². The van der Waals surface area contributed by atoms with Crippen molar-refractivity contribution in [1.82, 2.24) is 10.2 Å². The van der Waals surface area contributed by atoms with Gasteiger partial charge in [-0.2, -0.15) is 0 Å². The van der Waals surface area contributed by atoms with Gasteiger partial charge in [-0.1, -0.05) is 22.9 Å². The quantitative estimate of drug-likeness (QED) is 0.913. The first kappa shape index (κ1) is 15.5. The summed E-state index contributed by atoms with van der Waals surface area (Å²) in [4.78, 5) is 14.5. The Kier molecular flexibility index (Phi) is 5.61. The fourth-order valence-electron chi connectivity index (χ4n) is 2.54. The lowest BCUT2D eigenvalue weighted by Gasteiger charge is -2.35. The third kappa shape index (κ3) is 4.32. The Balaban J connectivity index is 1.79. The highest BCUT2D eigenvalue weighted by Crippen LogP contribution is 2.17. The number of carbonyl (C=O) groups is 1. The smallest absolute Gasteiger partial charge is 0.251 e. The maximum atomic E-state index is 12.1. The molecule has 0 radical (unpaired) electrons. The second-order valence-electron chi connectivity index (χ2n) is 5.78. The van der Waals surface area contributed by atoms with Crippen LogP contribution < -0.4 is 5.32 Å². The minimum Gasteiger partial charge on any atom is -0.350 e. The molecular weight excluding hydrogens is 316 g/mol. The minimum atomic E-state index is 0.00901. The standard InChI is InChI=1S/C16H23BrN2O/c1-12-7-9-19(10-8-12)13(2)11-18-16(20)14-3-5-15(17)6-4-14/h3-6,12-13H,7-11H2,1-2H3,(H,18,20). The molecule has 3 nitrogen and oxygen atoms in total. The largest absolute Gasteiger partial charge is 0.350 e. The molecule has 1 aromatic carbocycles. The molecule has 0 aliphatic carbocycles. The predicted octanol–water partition coefficient (Wildman–Crippen LogP) is 3.30. The number of amides is 1. The van der Waals surface area contributed by atoms with Gasteiger partial charge in [0.1, 0.15) is 0 Å². The lowest BCUT2D eigenvalue weighted by atomic mass is 9.98. The van der Waals surface area contributed by atoms with Crippen molar-refractivity contribution in [2.24, 2.45) is 5.92 Å². The van der Waals surface area contributed by atoms with E-state index in [1.165, 1.54) is 12.8 Å². The molecule has 1 heterocycles. The molecule has 1 saturated heterocycles. The first-order chi connectivity index (χ1) is 9.56. The zero-order valence-corrected chi connectivity index (χ0v) is 13.8. The van der Waals surface area contributed by atoms with Crippen LogP contribution in [0.5, 0.6) is 0 Å². The predicted molar refractivity (Wildman–Crippen MR) is 85.9 cm³/mol. The second kappa shape index (κ2) is 7.23. The van der Waals surface area contributed by atoms with Gasteiger partial charge < -0.3 is 5.32 Å². The SMILES string of the molecule is CC1CCN(C(C)CNC(=O)c2ccc(Br)cc2)CC1. The summed E-state index contributed by atoms with van der Waals surface area (Å²) in [5.74, 6) is 0.852. The van der Waals surface area contributed by atoms with E-state index in [-0.39, 0.29) is 5.91 Å². The van der Waals surface area contributed by atoms with E-state index in [1.807, 2.05) is 24.3 Å². The number of rotatable bonds is 4. The molecule has 1 aliphatic rings. The number of likely N-dealkylation sites (tertiary alicyclic amines) is 1. The Hall–Kier alpha value is -0.870. The van der Waals surface area contributed by atoms with Crippen LogP contribution in [-0.4, -0.2) is 36.5 Å². The molecule has 1 amide bonds. The molecule has 2 rings (SSSR count). The van der Waals surface area contributed by atoms with Crippen LogP contribution in [0, 0.1) is 5.92 Å². The molecular formula is C16H23BrN2O. The Labute approximate surface area is 129 Å². The van der Waals surface area contributed by atoms with Crippen LogP contribution in [0.4, 0.5) is 0 Å². The Bertz CT molecular complexity index is 438. The number of benzene rings is 1. The van der Waals surface area contributed by atoms with Crippen molar-refractivity contribution in [2.45, 2.75) is 32.7 Å². The Morgan fingerprint density at radius 1 is 1.35 bits per heavy atom. The molecule has 1 fully saturated rings. The van der Waals surface area contributed by atoms with Crippen molar-refractivity contribution in [1.29, 1.82) is 0 Å². The van der Waals surface area contributed by atoms with Crippen molar-refractivity contribution in [3.8, 4) is 0 Å². The van der Waals surface area contributed by atoms with E-state index in [1.54, 1.807) is 0 Å². The second-order valence-corrected chi connectivity index (χ2v) is 6.70. The number of nitrogens with one attached hydrogen (secondary N) is 1. The normalized spacial score (nSPS) is 18.8. The highest BCUT2D eigenvalue weighted by atomic mass is 79.9. The fraction of sp³-hybridized carbons (Fsp3) is 0.562. The van der Waals surface area contributed by atoms with Gasteiger partial charge in [-0.25, -0.2) is 0 Å². The van der Waals surface area contributed by atoms with Crippen LogP contribution in [-0.2, 0) is 0 Å². The summed E-state index contributed by atoms with van der Waals surface area (Å²) in [6.45, 7) is 7.52. The van der Waals surface area contributed by atoms with E-state index in [0.717, 1.165) is 23.5 Å². The van der Waals surface area contributed by atoms with E-state index < -0.39 is 0 Å². The van der Waals surface area contributed by atoms with Crippen molar-refractivity contribution in [2.75, 3.05) is 19.6 Å². The van der Waals surface area contributed by atoms with Crippen molar-refractivity contribution in [3.05, 3.63) is 34.3 Å². The lowest BCUT2D eigenvalue weighted by molar-refractivity contribution is 0.0921. The molecule has 0 spiro atoms. The monoisotopic (exact) mass is 338 g/mol. The minimum absolute atomic E-state index is 0.00901. The summed E-state index contributed by atoms with van der Waals surface area (Å²) < 4.78 is 0.991. The number of hydrogen-bond donors (Lipinski definition) is 1. The van der Waals surface area contributed by atoms with Crippen LogP contribution in [0.1, 0.15) is 37.0 Å². The molecule has 1 aliphatic heterocycles. The molecule has 1 atom stereocenters. The molecule has 1 aromatic rings. The van der Waals surface area contributed by atoms with Gasteiger partial charge in [0, 0.05) is 22.6 Å². The Morgan fingerprint density at radius 3 is 2.55 bits per heavy atom. The zero-order chi connectivity index (χ0) is 14.5. The average molecular weight is 339 g/mol. The third-order valence-electron chi connectivity index (χ3n) is 4.11. The highest BCUT2D eigenvalue weighted by molar-refractivity contribution is 9.10. The first-order valence-electron chi connectivity index (χ1n) is 7.34. The first-order valence-corrected chi connectivity index (χ1v) is 8.13. The molecule has 1 unspecified atom stereocenters. The van der Waals surface area contributed by atoms with Gasteiger partial charge in [0.2, 0.25) is 0 Å². The molecule has 20 heavy (non-hydrogen) atoms. The van der Waals surface area contributed by atoms with E-state index in [4.69, 9.17) is 0 Å². The summed E-state index contributed by atoms with van der Waals surface area (Å²) in [7, 11) is 0. The molecule has 0 aromatic heterocycles. The summed E-state index contributed by atoms with van der Waals surface area (Å²) >= 11 is 3.38. The maximum absolute atomic E-state index is 12.1. The zero-order valence-electron chi connectivity index (χ0n) is 12.2. The van der Waals surface area contributed by atoms with Gasteiger partial charge in [-0.15, -0.1) is 0 Å². The van der Waals surface area contributed by atoms with Gasteiger partial charge in [0.25, 0.3) is 5.91 Å². The van der Waals surface area contributed by atoms with E-state index in [0.29, 0.717) is 18.2 Å². The van der Waals surface area contributed by atoms with Crippen LogP contribution in [0.25, 0.3) is 0 Å². The lowest BCUT2D eigenvalue weighted by Crippen LogP contribution is -2.45. The Morgan fingerprint density at radius 2 is 1.95 bits per heavy atom. The van der Waals surface area contributed by atoms with E-state index in [9.17, 15) is 4.79 Å². The number of hydrogen-bond acceptors (Lipinski definition) is 2. The van der Waals surface area contributed by atoms with Crippen LogP contribution in [0.3, 0.4) is 0 Å². The molecule has 4 heteroatoms. The highest BCUT2D eigenvalue weighted by Gasteiger charge is 2.20. The van der Waals surface area contributed by atoms with Crippen molar-refractivity contribution >= 4 is 21.8 Å². The molecule has 1 N–H and O–H groups in total. The van der Waals surface area contributed by atoms with Crippen molar-refractivity contribution in [3.63, 3.8) is 0 Å². The van der Waals surface area contributed by atoms with Gasteiger partial charge >= 0.3 is 0 Å².